The van der Waals surface area contributed by atoms with Gasteiger partial charge in [0.2, 0.25) is 0 Å². The molecule has 1 aliphatic rings. The molecule has 2 N–H and O–H groups in total. The lowest BCUT2D eigenvalue weighted by atomic mass is 10.1. The van der Waals surface area contributed by atoms with E-state index in [0.717, 1.165) is 5.56 Å². The number of aromatic nitrogens is 4. The standard InChI is InChI=1S/C19H20F3N5O/c1-11-2-4-12(5-3-11)19(21,22)9-28-15-7-6-14(16(15)20)26-17-13-8-25-27-18(13)24-10-23-17/h2-5,8,10,14-16H,6-7,9H2,1H3,(H2,23,24,25,26,27). The zero-order valence-electron chi connectivity index (χ0n) is 15.2. The first-order valence-electron chi connectivity index (χ1n) is 9.05. The van der Waals surface area contributed by atoms with Gasteiger partial charge < -0.3 is 10.1 Å². The van der Waals surface area contributed by atoms with E-state index in [9.17, 15) is 13.2 Å². The number of nitrogens with one attached hydrogen (secondary N) is 2. The summed E-state index contributed by atoms with van der Waals surface area (Å²) >= 11 is 0. The van der Waals surface area contributed by atoms with Crippen LogP contribution < -0.4 is 5.32 Å². The lowest BCUT2D eigenvalue weighted by molar-refractivity contribution is -0.114. The minimum atomic E-state index is -3.17. The van der Waals surface area contributed by atoms with Gasteiger partial charge in [-0.3, -0.25) is 5.10 Å². The van der Waals surface area contributed by atoms with Crippen LogP contribution >= 0.6 is 0 Å². The number of halogens is 3. The first-order chi connectivity index (χ1) is 13.4. The number of H-pyrrole nitrogens is 1. The third kappa shape index (κ3) is 3.66. The summed E-state index contributed by atoms with van der Waals surface area (Å²) in [6, 6.07) is 5.40. The summed E-state index contributed by atoms with van der Waals surface area (Å²) < 4.78 is 48.8. The number of fused-ring (bicyclic) bond motifs is 1. The predicted molar refractivity (Wildman–Crippen MR) is 98.0 cm³/mol. The van der Waals surface area contributed by atoms with Crippen LogP contribution in [-0.2, 0) is 10.7 Å². The average Bonchev–Trinajstić information content (AvgIpc) is 3.29. The lowest BCUT2D eigenvalue weighted by Gasteiger charge is -2.23. The van der Waals surface area contributed by atoms with Crippen LogP contribution in [-0.4, -0.2) is 45.1 Å². The number of aromatic amines is 1. The van der Waals surface area contributed by atoms with Crippen molar-refractivity contribution in [3.63, 3.8) is 0 Å². The van der Waals surface area contributed by atoms with Gasteiger partial charge in [-0.2, -0.15) is 13.9 Å². The summed E-state index contributed by atoms with van der Waals surface area (Å²) in [5.41, 5.74) is 1.30. The fraction of sp³-hybridized carbons (Fsp3) is 0.421. The minimum Gasteiger partial charge on any atom is -0.368 e. The second-order valence-corrected chi connectivity index (χ2v) is 7.05. The molecule has 4 rings (SSSR count). The molecule has 3 aromatic rings. The number of alkyl halides is 3. The van der Waals surface area contributed by atoms with E-state index in [1.165, 1.54) is 18.5 Å². The van der Waals surface area contributed by atoms with Crippen molar-refractivity contribution in [3.05, 3.63) is 47.9 Å². The Hall–Kier alpha value is -2.68. The molecule has 2 aromatic heterocycles. The molecule has 3 unspecified atom stereocenters. The molecule has 0 bridgehead atoms. The lowest BCUT2D eigenvalue weighted by Crippen LogP contribution is -2.35. The van der Waals surface area contributed by atoms with Crippen molar-refractivity contribution in [2.75, 3.05) is 11.9 Å². The molecule has 0 amide bonds. The van der Waals surface area contributed by atoms with Gasteiger partial charge in [0.05, 0.1) is 23.7 Å². The highest BCUT2D eigenvalue weighted by Crippen LogP contribution is 2.33. The maximum absolute atomic E-state index is 14.8. The normalized spacial score (nSPS) is 22.6. The van der Waals surface area contributed by atoms with Crippen LogP contribution in [0.25, 0.3) is 11.0 Å². The molecule has 0 aliphatic heterocycles. The van der Waals surface area contributed by atoms with Gasteiger partial charge in [0.25, 0.3) is 5.92 Å². The molecular weight excluding hydrogens is 371 g/mol. The fourth-order valence-corrected chi connectivity index (χ4v) is 3.40. The van der Waals surface area contributed by atoms with E-state index >= 15 is 0 Å². The summed E-state index contributed by atoms with van der Waals surface area (Å²) in [6.45, 7) is 0.972. The van der Waals surface area contributed by atoms with E-state index in [4.69, 9.17) is 4.74 Å². The van der Waals surface area contributed by atoms with Gasteiger partial charge in [0.1, 0.15) is 24.9 Å². The van der Waals surface area contributed by atoms with Crippen LogP contribution in [0, 0.1) is 6.92 Å². The Morgan fingerprint density at radius 3 is 2.79 bits per heavy atom. The van der Waals surface area contributed by atoms with Crippen LogP contribution in [0.1, 0.15) is 24.0 Å². The van der Waals surface area contributed by atoms with Crippen molar-refractivity contribution in [2.45, 2.75) is 44.0 Å². The largest absolute Gasteiger partial charge is 0.368 e. The molecule has 148 valence electrons. The second kappa shape index (κ2) is 7.38. The fourth-order valence-electron chi connectivity index (χ4n) is 3.40. The number of hydrogen-bond acceptors (Lipinski definition) is 5. The van der Waals surface area contributed by atoms with Crippen molar-refractivity contribution < 1.29 is 17.9 Å². The average molecular weight is 391 g/mol. The summed E-state index contributed by atoms with van der Waals surface area (Å²) in [5.74, 6) is -2.72. The first-order valence-corrected chi connectivity index (χ1v) is 9.05. The Labute approximate surface area is 159 Å². The van der Waals surface area contributed by atoms with Gasteiger partial charge in [0, 0.05) is 5.56 Å². The van der Waals surface area contributed by atoms with E-state index in [1.807, 2.05) is 6.92 Å². The van der Waals surface area contributed by atoms with Crippen molar-refractivity contribution in [1.29, 1.82) is 0 Å². The molecule has 6 nitrogen and oxygen atoms in total. The topological polar surface area (TPSA) is 75.7 Å². The van der Waals surface area contributed by atoms with Crippen LogP contribution in [0.2, 0.25) is 0 Å². The molecule has 2 heterocycles. The van der Waals surface area contributed by atoms with Crippen LogP contribution in [0.4, 0.5) is 19.0 Å². The second-order valence-electron chi connectivity index (χ2n) is 7.05. The van der Waals surface area contributed by atoms with E-state index in [1.54, 1.807) is 18.3 Å². The Bertz CT molecular complexity index is 946. The SMILES string of the molecule is Cc1ccc(C(F)(F)COC2CCC(Nc3ncnc4[nH]ncc34)C2F)cc1. The number of ether oxygens (including phenoxy) is 1. The highest BCUT2D eigenvalue weighted by atomic mass is 19.3. The number of hydrogen-bond donors (Lipinski definition) is 2. The molecule has 1 fully saturated rings. The molecular formula is C19H20F3N5O. The molecule has 3 atom stereocenters. The molecule has 0 saturated heterocycles. The van der Waals surface area contributed by atoms with Gasteiger partial charge in [-0.15, -0.1) is 0 Å². The minimum absolute atomic E-state index is 0.135. The van der Waals surface area contributed by atoms with E-state index < -0.39 is 30.8 Å². The Morgan fingerprint density at radius 2 is 2.00 bits per heavy atom. The van der Waals surface area contributed by atoms with Crippen molar-refractivity contribution in [2.24, 2.45) is 0 Å². The highest BCUT2D eigenvalue weighted by molar-refractivity contribution is 5.85. The van der Waals surface area contributed by atoms with Gasteiger partial charge in [-0.1, -0.05) is 29.8 Å². The van der Waals surface area contributed by atoms with Crippen molar-refractivity contribution >= 4 is 16.9 Å². The Morgan fingerprint density at radius 1 is 1.21 bits per heavy atom. The Kier molecular flexibility index (Phi) is 4.92. The van der Waals surface area contributed by atoms with Gasteiger partial charge in [-0.05, 0) is 19.8 Å². The molecule has 9 heteroatoms. The van der Waals surface area contributed by atoms with Crippen molar-refractivity contribution in [3.8, 4) is 0 Å². The number of nitrogens with zero attached hydrogens (tertiary/aromatic N) is 3. The third-order valence-corrected chi connectivity index (χ3v) is 5.02. The number of benzene rings is 1. The van der Waals surface area contributed by atoms with Gasteiger partial charge in [0.15, 0.2) is 5.65 Å². The Balaban J connectivity index is 1.38. The van der Waals surface area contributed by atoms with Gasteiger partial charge in [-0.25, -0.2) is 14.4 Å². The maximum Gasteiger partial charge on any atom is 0.296 e. The zero-order chi connectivity index (χ0) is 19.7. The van der Waals surface area contributed by atoms with Crippen molar-refractivity contribution in [1.82, 2.24) is 20.2 Å². The third-order valence-electron chi connectivity index (χ3n) is 5.02. The van der Waals surface area contributed by atoms with Crippen LogP contribution in [0.5, 0.6) is 0 Å². The number of rotatable bonds is 6. The first kappa shape index (κ1) is 18.7. The van der Waals surface area contributed by atoms with E-state index in [0.29, 0.717) is 29.7 Å². The maximum atomic E-state index is 14.8. The van der Waals surface area contributed by atoms with E-state index in [2.05, 4.69) is 25.5 Å². The number of anilines is 1. The highest BCUT2D eigenvalue weighted by Gasteiger charge is 2.40. The van der Waals surface area contributed by atoms with E-state index in [-0.39, 0.29) is 5.56 Å². The van der Waals surface area contributed by atoms with Crippen LogP contribution in [0.15, 0.2) is 36.8 Å². The molecule has 0 spiro atoms. The van der Waals surface area contributed by atoms with Gasteiger partial charge >= 0.3 is 0 Å². The smallest absolute Gasteiger partial charge is 0.296 e. The molecule has 28 heavy (non-hydrogen) atoms. The molecule has 1 aromatic carbocycles. The molecule has 0 radical (unpaired) electrons. The summed E-state index contributed by atoms with van der Waals surface area (Å²) in [5, 5.41) is 10.3. The predicted octanol–water partition coefficient (Wildman–Crippen LogP) is 3.75. The quantitative estimate of drug-likeness (QED) is 0.669. The monoisotopic (exact) mass is 391 g/mol. The molecule has 1 aliphatic carbocycles. The number of aryl methyl sites for hydroxylation is 1. The zero-order valence-corrected chi connectivity index (χ0v) is 15.2. The summed E-state index contributed by atoms with van der Waals surface area (Å²) in [7, 11) is 0. The summed E-state index contributed by atoms with van der Waals surface area (Å²) in [6.07, 6.45) is 1.38. The summed E-state index contributed by atoms with van der Waals surface area (Å²) in [4.78, 5) is 8.15. The molecule has 1 saturated carbocycles. The van der Waals surface area contributed by atoms with Crippen LogP contribution in [0.3, 0.4) is 0 Å².